The highest BCUT2D eigenvalue weighted by atomic mass is 35.5. The van der Waals surface area contributed by atoms with Crippen LogP contribution in [0.3, 0.4) is 0 Å². The largest absolute Gasteiger partial charge is 0.349 e. The Balaban J connectivity index is 2.11. The van der Waals surface area contributed by atoms with Crippen LogP contribution < -0.4 is 5.32 Å². The van der Waals surface area contributed by atoms with Gasteiger partial charge in [0.25, 0.3) is 5.91 Å². The number of halogens is 1. The average molecular weight is 225 g/mol. The minimum absolute atomic E-state index is 0.123. The van der Waals surface area contributed by atoms with Crippen LogP contribution in [-0.4, -0.2) is 16.9 Å². The number of aromatic nitrogens is 1. The van der Waals surface area contributed by atoms with Crippen molar-refractivity contribution in [3.63, 3.8) is 0 Å². The van der Waals surface area contributed by atoms with Gasteiger partial charge in [-0.2, -0.15) is 0 Å². The SMILES string of the molecule is Cc1cc(Cl)c(C(=O)NC2CC2C)cn1. The number of nitrogens with one attached hydrogen (secondary N) is 1. The van der Waals surface area contributed by atoms with E-state index in [4.69, 9.17) is 11.6 Å². The number of hydrogen-bond donors (Lipinski definition) is 1. The molecule has 3 nitrogen and oxygen atoms in total. The molecule has 0 saturated heterocycles. The summed E-state index contributed by atoms with van der Waals surface area (Å²) in [6.07, 6.45) is 2.59. The molecule has 0 spiro atoms. The lowest BCUT2D eigenvalue weighted by Crippen LogP contribution is -2.26. The smallest absolute Gasteiger partial charge is 0.254 e. The normalized spacial score (nSPS) is 23.7. The van der Waals surface area contributed by atoms with Gasteiger partial charge in [0.1, 0.15) is 0 Å². The second kappa shape index (κ2) is 3.81. The van der Waals surface area contributed by atoms with Crippen molar-refractivity contribution in [2.75, 3.05) is 0 Å². The number of nitrogens with zero attached hydrogens (tertiary/aromatic N) is 1. The molecule has 2 atom stereocenters. The van der Waals surface area contributed by atoms with Crippen LogP contribution in [0.2, 0.25) is 5.02 Å². The minimum Gasteiger partial charge on any atom is -0.349 e. The monoisotopic (exact) mass is 224 g/mol. The van der Waals surface area contributed by atoms with Crippen LogP contribution in [0.4, 0.5) is 0 Å². The van der Waals surface area contributed by atoms with Crippen molar-refractivity contribution in [2.45, 2.75) is 26.3 Å². The van der Waals surface area contributed by atoms with E-state index >= 15 is 0 Å². The molecule has 1 amide bonds. The third-order valence-electron chi connectivity index (χ3n) is 2.66. The average Bonchev–Trinajstić information content (AvgIpc) is 2.81. The molecule has 0 aliphatic heterocycles. The molecule has 1 heterocycles. The van der Waals surface area contributed by atoms with Crippen molar-refractivity contribution in [2.24, 2.45) is 5.92 Å². The van der Waals surface area contributed by atoms with Gasteiger partial charge in [0.2, 0.25) is 0 Å². The summed E-state index contributed by atoms with van der Waals surface area (Å²) in [5.41, 5.74) is 1.28. The van der Waals surface area contributed by atoms with Gasteiger partial charge < -0.3 is 5.32 Å². The number of rotatable bonds is 2. The summed E-state index contributed by atoms with van der Waals surface area (Å²) in [6.45, 7) is 3.95. The first kappa shape index (κ1) is 10.4. The van der Waals surface area contributed by atoms with E-state index in [9.17, 15) is 4.79 Å². The zero-order chi connectivity index (χ0) is 11.0. The molecule has 2 rings (SSSR count). The maximum absolute atomic E-state index is 11.7. The molecule has 15 heavy (non-hydrogen) atoms. The fraction of sp³-hybridized carbons (Fsp3) is 0.455. The van der Waals surface area contributed by atoms with Crippen LogP contribution >= 0.6 is 11.6 Å². The first-order valence-electron chi connectivity index (χ1n) is 5.01. The van der Waals surface area contributed by atoms with E-state index in [2.05, 4.69) is 17.2 Å². The van der Waals surface area contributed by atoms with E-state index in [0.29, 0.717) is 22.5 Å². The Labute approximate surface area is 93.8 Å². The van der Waals surface area contributed by atoms with Crippen molar-refractivity contribution in [1.29, 1.82) is 0 Å². The number of hydrogen-bond acceptors (Lipinski definition) is 2. The molecule has 1 aliphatic rings. The molecule has 4 heteroatoms. The molecular weight excluding hydrogens is 212 g/mol. The van der Waals surface area contributed by atoms with E-state index in [-0.39, 0.29) is 5.91 Å². The lowest BCUT2D eigenvalue weighted by atomic mass is 10.2. The van der Waals surface area contributed by atoms with Gasteiger partial charge in [0, 0.05) is 17.9 Å². The van der Waals surface area contributed by atoms with E-state index in [1.165, 1.54) is 6.20 Å². The second-order valence-corrected chi connectivity index (χ2v) is 4.51. The zero-order valence-corrected chi connectivity index (χ0v) is 9.51. The van der Waals surface area contributed by atoms with E-state index < -0.39 is 0 Å². The molecular formula is C11H13ClN2O. The Hall–Kier alpha value is -1.09. The maximum Gasteiger partial charge on any atom is 0.254 e. The Bertz CT molecular complexity index is 406. The molecule has 0 aromatic carbocycles. The molecule has 0 bridgehead atoms. The third-order valence-corrected chi connectivity index (χ3v) is 2.97. The van der Waals surface area contributed by atoms with Gasteiger partial charge in [-0.1, -0.05) is 18.5 Å². The lowest BCUT2D eigenvalue weighted by molar-refractivity contribution is 0.0949. The number of carbonyl (C=O) groups excluding carboxylic acids is 1. The fourth-order valence-electron chi connectivity index (χ4n) is 1.46. The molecule has 80 valence electrons. The van der Waals surface area contributed by atoms with Crippen LogP contribution in [0.15, 0.2) is 12.3 Å². The number of amides is 1. The molecule has 1 fully saturated rings. The predicted octanol–water partition coefficient (Wildman–Crippen LogP) is 2.18. The Morgan fingerprint density at radius 2 is 2.33 bits per heavy atom. The summed E-state index contributed by atoms with van der Waals surface area (Å²) in [5, 5.41) is 3.38. The highest BCUT2D eigenvalue weighted by molar-refractivity contribution is 6.33. The van der Waals surface area contributed by atoms with Crippen LogP contribution in [-0.2, 0) is 0 Å². The summed E-state index contributed by atoms with van der Waals surface area (Å²) in [5.74, 6) is 0.466. The predicted molar refractivity (Wildman–Crippen MR) is 59.0 cm³/mol. The second-order valence-electron chi connectivity index (χ2n) is 4.10. The van der Waals surface area contributed by atoms with Gasteiger partial charge in [-0.05, 0) is 25.3 Å². The Morgan fingerprint density at radius 1 is 1.67 bits per heavy atom. The standard InChI is InChI=1S/C11H13ClN2O/c1-6-3-10(6)14-11(15)8-5-13-7(2)4-9(8)12/h4-6,10H,3H2,1-2H3,(H,14,15). The van der Waals surface area contributed by atoms with Gasteiger partial charge in [0.05, 0.1) is 10.6 Å². The van der Waals surface area contributed by atoms with Crippen molar-refractivity contribution >= 4 is 17.5 Å². The Kier molecular flexibility index (Phi) is 2.65. The summed E-state index contributed by atoms with van der Waals surface area (Å²) in [7, 11) is 0. The molecule has 0 radical (unpaired) electrons. The maximum atomic E-state index is 11.7. The van der Waals surface area contributed by atoms with Gasteiger partial charge in [-0.15, -0.1) is 0 Å². The zero-order valence-electron chi connectivity index (χ0n) is 8.75. The van der Waals surface area contributed by atoms with Crippen LogP contribution in [0.25, 0.3) is 0 Å². The summed E-state index contributed by atoms with van der Waals surface area (Å²) in [4.78, 5) is 15.8. The van der Waals surface area contributed by atoms with Crippen LogP contribution in [0, 0.1) is 12.8 Å². The van der Waals surface area contributed by atoms with Gasteiger partial charge in [-0.25, -0.2) is 0 Å². The quantitative estimate of drug-likeness (QED) is 0.837. The van der Waals surface area contributed by atoms with E-state index in [1.54, 1.807) is 6.07 Å². The van der Waals surface area contributed by atoms with Crippen molar-refractivity contribution in [3.05, 3.63) is 28.5 Å². The number of carbonyl (C=O) groups is 1. The van der Waals surface area contributed by atoms with Gasteiger partial charge in [0.15, 0.2) is 0 Å². The van der Waals surface area contributed by atoms with Crippen LogP contribution in [0.5, 0.6) is 0 Å². The first-order valence-corrected chi connectivity index (χ1v) is 5.38. The van der Waals surface area contributed by atoms with Crippen LogP contribution in [0.1, 0.15) is 29.4 Å². The van der Waals surface area contributed by atoms with E-state index in [1.807, 2.05) is 6.92 Å². The highest BCUT2D eigenvalue weighted by Gasteiger charge is 2.34. The van der Waals surface area contributed by atoms with Crippen molar-refractivity contribution < 1.29 is 4.79 Å². The summed E-state index contributed by atoms with van der Waals surface area (Å²) < 4.78 is 0. The van der Waals surface area contributed by atoms with Crippen molar-refractivity contribution in [1.82, 2.24) is 10.3 Å². The molecule has 1 aliphatic carbocycles. The molecule has 1 N–H and O–H groups in total. The molecule has 1 saturated carbocycles. The van der Waals surface area contributed by atoms with Gasteiger partial charge >= 0.3 is 0 Å². The fourth-order valence-corrected chi connectivity index (χ4v) is 1.76. The lowest BCUT2D eigenvalue weighted by Gasteiger charge is -2.05. The third kappa shape index (κ3) is 2.29. The van der Waals surface area contributed by atoms with E-state index in [0.717, 1.165) is 12.1 Å². The topological polar surface area (TPSA) is 42.0 Å². The van der Waals surface area contributed by atoms with Gasteiger partial charge in [-0.3, -0.25) is 9.78 Å². The summed E-state index contributed by atoms with van der Waals surface area (Å²) in [6, 6.07) is 2.02. The molecule has 2 unspecified atom stereocenters. The number of pyridine rings is 1. The minimum atomic E-state index is -0.123. The molecule has 1 aromatic rings. The first-order chi connectivity index (χ1) is 7.08. The Morgan fingerprint density at radius 3 is 2.87 bits per heavy atom. The number of aryl methyl sites for hydroxylation is 1. The highest BCUT2D eigenvalue weighted by Crippen LogP contribution is 2.29. The van der Waals surface area contributed by atoms with Crippen molar-refractivity contribution in [3.8, 4) is 0 Å². The summed E-state index contributed by atoms with van der Waals surface area (Å²) >= 11 is 5.96. The molecule has 1 aromatic heterocycles.